The van der Waals surface area contributed by atoms with Crippen LogP contribution >= 0.6 is 0 Å². The minimum absolute atomic E-state index is 0.111. The van der Waals surface area contributed by atoms with Gasteiger partial charge in [-0.15, -0.1) is 0 Å². The zero-order valence-electron chi connectivity index (χ0n) is 19.9. The number of amides is 2. The molecule has 34 heavy (non-hydrogen) atoms. The second kappa shape index (κ2) is 10.7. The van der Waals surface area contributed by atoms with Crippen LogP contribution in [0.15, 0.2) is 48.7 Å². The fourth-order valence-corrected chi connectivity index (χ4v) is 3.20. The van der Waals surface area contributed by atoms with Gasteiger partial charge in [-0.2, -0.15) is 0 Å². The lowest BCUT2D eigenvalue weighted by atomic mass is 10.1. The molecule has 0 aliphatic carbocycles. The first-order chi connectivity index (χ1) is 16.2. The van der Waals surface area contributed by atoms with Crippen molar-refractivity contribution in [3.05, 3.63) is 59.9 Å². The summed E-state index contributed by atoms with van der Waals surface area (Å²) in [6.07, 6.45) is 0.320. The Bertz CT molecular complexity index is 1160. The fraction of sp³-hybridized carbons (Fsp3) is 0.320. The lowest BCUT2D eigenvalue weighted by Crippen LogP contribution is -2.32. The molecule has 2 aromatic carbocycles. The third-order valence-electron chi connectivity index (χ3n) is 4.72. The topological polar surface area (TPSA) is 108 Å². The molecule has 0 fully saturated rings. The molecule has 0 unspecified atom stereocenters. The number of pyridine rings is 1. The van der Waals surface area contributed by atoms with Gasteiger partial charge in [0.25, 0.3) is 0 Å². The van der Waals surface area contributed by atoms with Crippen molar-refractivity contribution in [2.75, 3.05) is 19.5 Å². The van der Waals surface area contributed by atoms with Gasteiger partial charge in [0.05, 0.1) is 38.3 Å². The summed E-state index contributed by atoms with van der Waals surface area (Å²) in [6, 6.07) is 12.9. The smallest absolute Gasteiger partial charge is 0.412 e. The maximum atomic E-state index is 12.4. The van der Waals surface area contributed by atoms with E-state index in [4.69, 9.17) is 18.9 Å². The van der Waals surface area contributed by atoms with Crippen LogP contribution in [0.2, 0.25) is 0 Å². The van der Waals surface area contributed by atoms with Crippen LogP contribution in [0, 0.1) is 0 Å². The number of nitrogens with one attached hydrogen (secondary N) is 2. The number of carbonyl (C=O) groups excluding carboxylic acids is 2. The van der Waals surface area contributed by atoms with Gasteiger partial charge in [0.1, 0.15) is 12.2 Å². The van der Waals surface area contributed by atoms with E-state index in [-0.39, 0.29) is 13.2 Å². The van der Waals surface area contributed by atoms with E-state index < -0.39 is 17.8 Å². The number of fused-ring (bicyclic) bond motifs is 1. The van der Waals surface area contributed by atoms with Gasteiger partial charge in [0.2, 0.25) is 0 Å². The molecule has 9 nitrogen and oxygen atoms in total. The second-order valence-corrected chi connectivity index (χ2v) is 8.41. The predicted octanol–water partition coefficient (Wildman–Crippen LogP) is 5.03. The summed E-state index contributed by atoms with van der Waals surface area (Å²) in [7, 11) is 3.05. The Kier molecular flexibility index (Phi) is 7.78. The molecule has 1 heterocycles. The number of methoxy groups -OCH3 is 2. The first kappa shape index (κ1) is 24.6. The average molecular weight is 468 g/mol. The van der Waals surface area contributed by atoms with Crippen molar-refractivity contribution in [2.24, 2.45) is 0 Å². The summed E-state index contributed by atoms with van der Waals surface area (Å²) < 4.78 is 21.5. The van der Waals surface area contributed by atoms with E-state index in [0.29, 0.717) is 33.7 Å². The predicted molar refractivity (Wildman–Crippen MR) is 128 cm³/mol. The molecule has 2 N–H and O–H groups in total. The van der Waals surface area contributed by atoms with Crippen molar-refractivity contribution < 1.29 is 28.5 Å². The molecular weight excluding hydrogens is 438 g/mol. The molecule has 0 saturated heterocycles. The van der Waals surface area contributed by atoms with Gasteiger partial charge in [0, 0.05) is 10.8 Å². The zero-order chi connectivity index (χ0) is 24.7. The summed E-state index contributed by atoms with van der Waals surface area (Å²) >= 11 is 0. The number of aromatic nitrogens is 1. The van der Waals surface area contributed by atoms with E-state index >= 15 is 0 Å². The van der Waals surface area contributed by atoms with Gasteiger partial charge in [-0.1, -0.05) is 30.3 Å². The minimum atomic E-state index is -0.624. The van der Waals surface area contributed by atoms with Gasteiger partial charge in [-0.3, -0.25) is 10.3 Å². The normalized spacial score (nSPS) is 11.0. The highest BCUT2D eigenvalue weighted by molar-refractivity contribution is 6.02. The van der Waals surface area contributed by atoms with Crippen LogP contribution in [0.3, 0.4) is 0 Å². The van der Waals surface area contributed by atoms with Crippen LogP contribution in [0.1, 0.15) is 32.0 Å². The Morgan fingerprint density at radius 1 is 0.941 bits per heavy atom. The van der Waals surface area contributed by atoms with Crippen molar-refractivity contribution in [1.82, 2.24) is 10.3 Å². The standard InChI is InChI=1S/C25H29N3O6/c1-25(2,3)34-23(29)27-13-19-17-11-21(31-4)22(32-5)12-18(17)20(14-26-19)28-24(30)33-15-16-9-7-6-8-10-16/h6-12,14H,13,15H2,1-5H3,(H,27,29)(H,28,30). The molecule has 0 spiro atoms. The average Bonchev–Trinajstić information content (AvgIpc) is 2.80. The van der Waals surface area contributed by atoms with E-state index in [1.807, 2.05) is 30.3 Å². The Morgan fingerprint density at radius 3 is 2.21 bits per heavy atom. The highest BCUT2D eigenvalue weighted by Gasteiger charge is 2.18. The number of nitrogens with zero attached hydrogens (tertiary/aromatic N) is 1. The number of hydrogen-bond acceptors (Lipinski definition) is 7. The Morgan fingerprint density at radius 2 is 1.59 bits per heavy atom. The molecular formula is C25H29N3O6. The maximum absolute atomic E-state index is 12.4. The van der Waals surface area contributed by atoms with Crippen LogP contribution < -0.4 is 20.1 Å². The summed E-state index contributed by atoms with van der Waals surface area (Å²) in [5.74, 6) is 0.965. The van der Waals surface area contributed by atoms with E-state index in [1.54, 1.807) is 32.9 Å². The van der Waals surface area contributed by atoms with Gasteiger partial charge >= 0.3 is 12.2 Å². The molecule has 180 valence electrons. The van der Waals surface area contributed by atoms with Crippen molar-refractivity contribution in [1.29, 1.82) is 0 Å². The minimum Gasteiger partial charge on any atom is -0.493 e. The number of ether oxygens (including phenoxy) is 4. The van der Waals surface area contributed by atoms with Crippen molar-refractivity contribution >= 4 is 28.6 Å². The zero-order valence-corrected chi connectivity index (χ0v) is 19.9. The maximum Gasteiger partial charge on any atom is 0.412 e. The molecule has 2 amide bonds. The first-order valence-electron chi connectivity index (χ1n) is 10.7. The Hall–Kier alpha value is -4.01. The second-order valence-electron chi connectivity index (χ2n) is 8.41. The quantitative estimate of drug-likeness (QED) is 0.502. The van der Waals surface area contributed by atoms with E-state index in [0.717, 1.165) is 5.56 Å². The molecule has 0 saturated carbocycles. The summed E-state index contributed by atoms with van der Waals surface area (Å²) in [4.78, 5) is 29.0. The third-order valence-corrected chi connectivity index (χ3v) is 4.72. The lowest BCUT2D eigenvalue weighted by Gasteiger charge is -2.20. The lowest BCUT2D eigenvalue weighted by molar-refractivity contribution is 0.0523. The number of alkyl carbamates (subject to hydrolysis) is 1. The molecule has 1 aromatic heterocycles. The van der Waals surface area contributed by atoms with Crippen LogP contribution in [0.4, 0.5) is 15.3 Å². The molecule has 0 aliphatic heterocycles. The SMILES string of the molecule is COc1cc2c(NC(=O)OCc3ccccc3)cnc(CNC(=O)OC(C)(C)C)c2cc1OC. The van der Waals surface area contributed by atoms with Gasteiger partial charge in [-0.05, 0) is 38.5 Å². The number of rotatable bonds is 7. The number of hydrogen-bond donors (Lipinski definition) is 2. The summed E-state index contributed by atoms with van der Waals surface area (Å²) in [6.45, 7) is 5.60. The largest absolute Gasteiger partial charge is 0.493 e. The molecule has 0 aliphatic rings. The van der Waals surface area contributed by atoms with Gasteiger partial charge in [-0.25, -0.2) is 9.59 Å². The number of carbonyl (C=O) groups is 2. The number of anilines is 1. The summed E-state index contributed by atoms with van der Waals surface area (Å²) in [5, 5.41) is 6.75. The number of benzene rings is 2. The van der Waals surface area contributed by atoms with Crippen molar-refractivity contribution in [3.63, 3.8) is 0 Å². The third kappa shape index (κ3) is 6.50. The molecule has 3 aromatic rings. The van der Waals surface area contributed by atoms with Crippen LogP contribution in [0.5, 0.6) is 11.5 Å². The monoisotopic (exact) mass is 467 g/mol. The molecule has 3 rings (SSSR count). The Labute approximate surface area is 198 Å². The fourth-order valence-electron chi connectivity index (χ4n) is 3.20. The van der Waals surface area contributed by atoms with E-state index in [1.165, 1.54) is 20.4 Å². The van der Waals surface area contributed by atoms with Crippen LogP contribution in [-0.2, 0) is 22.6 Å². The Balaban J connectivity index is 1.86. The van der Waals surface area contributed by atoms with Gasteiger partial charge in [0.15, 0.2) is 11.5 Å². The molecule has 0 bridgehead atoms. The van der Waals surface area contributed by atoms with Crippen LogP contribution in [-0.4, -0.2) is 37.0 Å². The molecule has 0 radical (unpaired) electrons. The van der Waals surface area contributed by atoms with E-state index in [9.17, 15) is 9.59 Å². The highest BCUT2D eigenvalue weighted by atomic mass is 16.6. The van der Waals surface area contributed by atoms with Gasteiger partial charge < -0.3 is 24.3 Å². The van der Waals surface area contributed by atoms with E-state index in [2.05, 4.69) is 15.6 Å². The van der Waals surface area contributed by atoms with Crippen LogP contribution in [0.25, 0.3) is 10.8 Å². The molecule has 0 atom stereocenters. The molecule has 9 heteroatoms. The first-order valence-corrected chi connectivity index (χ1v) is 10.7. The highest BCUT2D eigenvalue weighted by Crippen LogP contribution is 2.36. The van der Waals surface area contributed by atoms with Crippen molar-refractivity contribution in [2.45, 2.75) is 39.5 Å². The summed E-state index contributed by atoms with van der Waals surface area (Å²) in [5.41, 5.74) is 1.24. The van der Waals surface area contributed by atoms with Crippen molar-refractivity contribution in [3.8, 4) is 11.5 Å².